The van der Waals surface area contributed by atoms with E-state index in [4.69, 9.17) is 11.6 Å². The van der Waals surface area contributed by atoms with Crippen molar-refractivity contribution in [2.24, 2.45) is 0 Å². The molecule has 0 aromatic heterocycles. The SMILES string of the molecule is CNCCC(=O)NCC1(c2ccc(Cl)cc2)CCCC1.Cl. The van der Waals surface area contributed by atoms with Gasteiger partial charge in [0.2, 0.25) is 5.91 Å². The van der Waals surface area contributed by atoms with Gasteiger partial charge in [-0.25, -0.2) is 0 Å². The highest BCUT2D eigenvalue weighted by Crippen LogP contribution is 2.40. The maximum atomic E-state index is 11.8. The van der Waals surface area contributed by atoms with Gasteiger partial charge in [0.25, 0.3) is 0 Å². The van der Waals surface area contributed by atoms with Crippen LogP contribution >= 0.6 is 24.0 Å². The first-order valence-corrected chi connectivity index (χ1v) is 7.71. The molecule has 1 saturated carbocycles. The Kier molecular flexibility index (Phi) is 7.50. The van der Waals surface area contributed by atoms with Crippen molar-refractivity contribution in [1.29, 1.82) is 0 Å². The van der Waals surface area contributed by atoms with E-state index >= 15 is 0 Å². The summed E-state index contributed by atoms with van der Waals surface area (Å²) in [4.78, 5) is 11.8. The fourth-order valence-corrected chi connectivity index (χ4v) is 3.14. The van der Waals surface area contributed by atoms with Gasteiger partial charge in [0.05, 0.1) is 0 Å². The van der Waals surface area contributed by atoms with Crippen molar-refractivity contribution in [3.63, 3.8) is 0 Å². The molecule has 1 aliphatic rings. The van der Waals surface area contributed by atoms with Crippen LogP contribution in [-0.4, -0.2) is 26.0 Å². The average molecular weight is 331 g/mol. The minimum Gasteiger partial charge on any atom is -0.355 e. The highest BCUT2D eigenvalue weighted by atomic mass is 35.5. The Morgan fingerprint density at radius 3 is 2.43 bits per heavy atom. The van der Waals surface area contributed by atoms with E-state index < -0.39 is 0 Å². The summed E-state index contributed by atoms with van der Waals surface area (Å²) >= 11 is 5.97. The molecule has 2 N–H and O–H groups in total. The molecule has 1 aliphatic carbocycles. The van der Waals surface area contributed by atoms with Crippen LogP contribution in [0.3, 0.4) is 0 Å². The summed E-state index contributed by atoms with van der Waals surface area (Å²) in [6.07, 6.45) is 5.28. The smallest absolute Gasteiger partial charge is 0.221 e. The summed E-state index contributed by atoms with van der Waals surface area (Å²) < 4.78 is 0. The topological polar surface area (TPSA) is 41.1 Å². The number of hydrogen-bond donors (Lipinski definition) is 2. The number of nitrogens with one attached hydrogen (secondary N) is 2. The van der Waals surface area contributed by atoms with Gasteiger partial charge in [-0.3, -0.25) is 4.79 Å². The van der Waals surface area contributed by atoms with Crippen molar-refractivity contribution in [2.45, 2.75) is 37.5 Å². The Balaban J connectivity index is 0.00000220. The van der Waals surface area contributed by atoms with Crippen LogP contribution in [-0.2, 0) is 10.2 Å². The third-order valence-corrected chi connectivity index (χ3v) is 4.50. The van der Waals surface area contributed by atoms with Gasteiger partial charge in [0.15, 0.2) is 0 Å². The van der Waals surface area contributed by atoms with E-state index in [1.54, 1.807) is 0 Å². The van der Waals surface area contributed by atoms with E-state index in [2.05, 4.69) is 22.8 Å². The molecule has 118 valence electrons. The second-order valence-electron chi connectivity index (χ2n) is 5.62. The monoisotopic (exact) mass is 330 g/mol. The zero-order valence-electron chi connectivity index (χ0n) is 12.5. The third-order valence-electron chi connectivity index (χ3n) is 4.24. The summed E-state index contributed by atoms with van der Waals surface area (Å²) in [5, 5.41) is 6.86. The van der Waals surface area contributed by atoms with Gasteiger partial charge in [0, 0.05) is 29.9 Å². The van der Waals surface area contributed by atoms with Gasteiger partial charge in [-0.05, 0) is 37.6 Å². The van der Waals surface area contributed by atoms with E-state index in [0.29, 0.717) is 6.42 Å². The lowest BCUT2D eigenvalue weighted by molar-refractivity contribution is -0.121. The van der Waals surface area contributed by atoms with E-state index in [1.165, 1.54) is 18.4 Å². The zero-order chi connectivity index (χ0) is 14.4. The minimum absolute atomic E-state index is 0. The molecule has 21 heavy (non-hydrogen) atoms. The van der Waals surface area contributed by atoms with Gasteiger partial charge in [-0.2, -0.15) is 0 Å². The van der Waals surface area contributed by atoms with Crippen LogP contribution in [0.2, 0.25) is 5.02 Å². The number of amides is 1. The maximum Gasteiger partial charge on any atom is 0.221 e. The van der Waals surface area contributed by atoms with Gasteiger partial charge in [-0.1, -0.05) is 36.6 Å². The van der Waals surface area contributed by atoms with Gasteiger partial charge in [0.1, 0.15) is 0 Å². The zero-order valence-corrected chi connectivity index (χ0v) is 14.0. The normalized spacial score (nSPS) is 16.3. The molecule has 0 atom stereocenters. The molecule has 0 aliphatic heterocycles. The van der Waals surface area contributed by atoms with Crippen molar-refractivity contribution >= 4 is 29.9 Å². The highest BCUT2D eigenvalue weighted by Gasteiger charge is 2.35. The Labute approximate surface area is 138 Å². The fourth-order valence-electron chi connectivity index (χ4n) is 3.02. The number of carbonyl (C=O) groups excluding carboxylic acids is 1. The van der Waals surface area contributed by atoms with Crippen molar-refractivity contribution in [1.82, 2.24) is 10.6 Å². The standard InChI is InChI=1S/C16H23ClN2O.ClH/c1-18-11-8-15(20)19-12-16(9-2-3-10-16)13-4-6-14(17)7-5-13;/h4-7,18H,2-3,8-12H2,1H3,(H,19,20);1H. The van der Waals surface area contributed by atoms with E-state index in [1.807, 2.05) is 19.2 Å². The van der Waals surface area contributed by atoms with Crippen molar-refractivity contribution in [2.75, 3.05) is 20.1 Å². The molecule has 1 aromatic rings. The average Bonchev–Trinajstić information content (AvgIpc) is 2.93. The van der Waals surface area contributed by atoms with Crippen LogP contribution in [0.1, 0.15) is 37.7 Å². The minimum atomic E-state index is 0. The number of hydrogen-bond acceptors (Lipinski definition) is 2. The molecular formula is C16H24Cl2N2O. The summed E-state index contributed by atoms with van der Waals surface area (Å²) in [5.41, 5.74) is 1.40. The molecule has 0 heterocycles. The Morgan fingerprint density at radius 2 is 1.86 bits per heavy atom. The molecule has 0 radical (unpaired) electrons. The first kappa shape index (κ1) is 18.3. The van der Waals surface area contributed by atoms with Gasteiger partial charge in [-0.15, -0.1) is 12.4 Å². The summed E-state index contributed by atoms with van der Waals surface area (Å²) in [6.45, 7) is 1.46. The van der Waals surface area contributed by atoms with Crippen LogP contribution in [0.25, 0.3) is 0 Å². The maximum absolute atomic E-state index is 11.8. The summed E-state index contributed by atoms with van der Waals surface area (Å²) in [7, 11) is 1.86. The highest BCUT2D eigenvalue weighted by molar-refractivity contribution is 6.30. The van der Waals surface area contributed by atoms with Crippen molar-refractivity contribution in [3.05, 3.63) is 34.9 Å². The molecule has 0 spiro atoms. The number of carbonyl (C=O) groups is 1. The predicted molar refractivity (Wildman–Crippen MR) is 90.4 cm³/mol. The molecular weight excluding hydrogens is 307 g/mol. The largest absolute Gasteiger partial charge is 0.355 e. The molecule has 5 heteroatoms. The fraction of sp³-hybridized carbons (Fsp3) is 0.562. The molecule has 1 amide bonds. The summed E-state index contributed by atoms with van der Waals surface area (Å²) in [5.74, 6) is 0.125. The molecule has 1 aromatic carbocycles. The van der Waals surface area contributed by atoms with E-state index in [9.17, 15) is 4.79 Å². The molecule has 0 saturated heterocycles. The molecule has 2 rings (SSSR count). The lowest BCUT2D eigenvalue weighted by Crippen LogP contribution is -2.39. The van der Waals surface area contributed by atoms with Crippen LogP contribution in [0, 0.1) is 0 Å². The van der Waals surface area contributed by atoms with Crippen molar-refractivity contribution in [3.8, 4) is 0 Å². The lowest BCUT2D eigenvalue weighted by Gasteiger charge is -2.30. The third kappa shape index (κ3) is 4.87. The second-order valence-corrected chi connectivity index (χ2v) is 6.06. The first-order valence-electron chi connectivity index (χ1n) is 7.34. The van der Waals surface area contributed by atoms with Crippen LogP contribution < -0.4 is 10.6 Å². The van der Waals surface area contributed by atoms with Crippen LogP contribution in [0.5, 0.6) is 0 Å². The molecule has 1 fully saturated rings. The Morgan fingerprint density at radius 1 is 1.24 bits per heavy atom. The Bertz CT molecular complexity index is 442. The molecule has 0 bridgehead atoms. The van der Waals surface area contributed by atoms with E-state index in [-0.39, 0.29) is 23.7 Å². The number of benzene rings is 1. The van der Waals surface area contributed by atoms with Crippen LogP contribution in [0.4, 0.5) is 0 Å². The van der Waals surface area contributed by atoms with Gasteiger partial charge >= 0.3 is 0 Å². The van der Waals surface area contributed by atoms with Gasteiger partial charge < -0.3 is 10.6 Å². The quantitative estimate of drug-likeness (QED) is 0.840. The number of halogens is 2. The first-order chi connectivity index (χ1) is 9.66. The predicted octanol–water partition coefficient (Wildman–Crippen LogP) is 3.30. The lowest BCUT2D eigenvalue weighted by atomic mass is 9.79. The number of rotatable bonds is 6. The molecule has 0 unspecified atom stereocenters. The van der Waals surface area contributed by atoms with Crippen LogP contribution in [0.15, 0.2) is 24.3 Å². The summed E-state index contributed by atoms with van der Waals surface area (Å²) in [6, 6.07) is 8.10. The van der Waals surface area contributed by atoms with Crippen molar-refractivity contribution < 1.29 is 4.79 Å². The van der Waals surface area contributed by atoms with E-state index in [0.717, 1.165) is 31.0 Å². The Hall–Kier alpha value is -0.770. The molecule has 3 nitrogen and oxygen atoms in total. The second kappa shape index (κ2) is 8.62.